The molecule has 1 saturated carbocycles. The van der Waals surface area contributed by atoms with Crippen LogP contribution < -0.4 is 11.1 Å². The van der Waals surface area contributed by atoms with Crippen LogP contribution in [-0.4, -0.2) is 11.9 Å². The largest absolute Gasteiger partial charge is 0.328 e. The van der Waals surface area contributed by atoms with Gasteiger partial charge in [-0.25, -0.2) is 0 Å². The first-order valence-electron chi connectivity index (χ1n) is 5.47. The Morgan fingerprint density at radius 3 is 2.56 bits per heavy atom. The molecule has 1 aromatic rings. The second-order valence-electron chi connectivity index (χ2n) is 4.27. The summed E-state index contributed by atoms with van der Waals surface area (Å²) in [5.41, 5.74) is 6.66. The monoisotopic (exact) mass is 330 g/mol. The van der Waals surface area contributed by atoms with Crippen LogP contribution in [0.2, 0.25) is 0 Å². The number of halogens is 1. The topological polar surface area (TPSA) is 55.1 Å². The Hall–Kier alpha value is -0.620. The van der Waals surface area contributed by atoms with Gasteiger partial charge in [0, 0.05) is 21.2 Å². The first kappa shape index (κ1) is 11.9. The summed E-state index contributed by atoms with van der Waals surface area (Å²) in [4.78, 5) is 11.9. The predicted molar refractivity (Wildman–Crippen MR) is 73.1 cm³/mol. The minimum Gasteiger partial charge on any atom is -0.328 e. The van der Waals surface area contributed by atoms with Crippen molar-refractivity contribution < 1.29 is 4.79 Å². The van der Waals surface area contributed by atoms with Gasteiger partial charge in [0.2, 0.25) is 5.91 Å². The molecule has 1 aliphatic rings. The maximum atomic E-state index is 11.9. The molecule has 1 aliphatic carbocycles. The Bertz CT molecular complexity index is 377. The fourth-order valence-electron chi connectivity index (χ4n) is 2.03. The van der Waals surface area contributed by atoms with E-state index in [9.17, 15) is 4.79 Å². The minimum absolute atomic E-state index is 0.0919. The second kappa shape index (κ2) is 5.14. The normalized spacial score (nSPS) is 24.4. The SMILES string of the molecule is NC1CCC(C(=O)Nc2ccc(I)cc2)C1. The van der Waals surface area contributed by atoms with Gasteiger partial charge in [-0.15, -0.1) is 0 Å². The lowest BCUT2D eigenvalue weighted by atomic mass is 10.1. The third-order valence-electron chi connectivity index (χ3n) is 2.96. The first-order chi connectivity index (χ1) is 7.65. The van der Waals surface area contributed by atoms with Crippen LogP contribution in [0.25, 0.3) is 0 Å². The summed E-state index contributed by atoms with van der Waals surface area (Å²) in [5.74, 6) is 0.198. The second-order valence-corrected chi connectivity index (χ2v) is 5.51. The summed E-state index contributed by atoms with van der Waals surface area (Å²) in [6.07, 6.45) is 2.69. The van der Waals surface area contributed by atoms with Crippen LogP contribution in [0.15, 0.2) is 24.3 Å². The molecular formula is C12H15IN2O. The van der Waals surface area contributed by atoms with Crippen molar-refractivity contribution in [1.29, 1.82) is 0 Å². The molecule has 16 heavy (non-hydrogen) atoms. The Morgan fingerprint density at radius 2 is 2.00 bits per heavy atom. The van der Waals surface area contributed by atoms with E-state index in [0.29, 0.717) is 0 Å². The molecule has 2 atom stereocenters. The zero-order chi connectivity index (χ0) is 11.5. The van der Waals surface area contributed by atoms with E-state index in [0.717, 1.165) is 24.9 Å². The number of hydrogen-bond acceptors (Lipinski definition) is 2. The molecule has 0 aromatic heterocycles. The number of rotatable bonds is 2. The van der Waals surface area contributed by atoms with Crippen molar-refractivity contribution in [3.05, 3.63) is 27.8 Å². The fourth-order valence-corrected chi connectivity index (χ4v) is 2.39. The van der Waals surface area contributed by atoms with Gasteiger partial charge in [0.15, 0.2) is 0 Å². The molecule has 1 aromatic carbocycles. The van der Waals surface area contributed by atoms with Crippen LogP contribution in [-0.2, 0) is 4.79 Å². The van der Waals surface area contributed by atoms with E-state index in [1.54, 1.807) is 0 Å². The van der Waals surface area contributed by atoms with Crippen LogP contribution >= 0.6 is 22.6 Å². The summed E-state index contributed by atoms with van der Waals surface area (Å²) in [6, 6.07) is 8.02. The van der Waals surface area contributed by atoms with Gasteiger partial charge < -0.3 is 11.1 Å². The van der Waals surface area contributed by atoms with Crippen molar-refractivity contribution in [2.24, 2.45) is 11.7 Å². The van der Waals surface area contributed by atoms with Gasteiger partial charge in [-0.2, -0.15) is 0 Å². The van der Waals surface area contributed by atoms with E-state index >= 15 is 0 Å². The van der Waals surface area contributed by atoms with Gasteiger partial charge in [0.25, 0.3) is 0 Å². The number of carbonyl (C=O) groups is 1. The molecule has 2 unspecified atom stereocenters. The lowest BCUT2D eigenvalue weighted by Gasteiger charge is -2.10. The third kappa shape index (κ3) is 2.95. The molecule has 1 amide bonds. The molecule has 86 valence electrons. The van der Waals surface area contributed by atoms with E-state index in [1.807, 2.05) is 24.3 Å². The highest BCUT2D eigenvalue weighted by Gasteiger charge is 2.27. The Labute approximate surface area is 109 Å². The first-order valence-corrected chi connectivity index (χ1v) is 6.55. The number of hydrogen-bond donors (Lipinski definition) is 2. The maximum Gasteiger partial charge on any atom is 0.227 e. The molecule has 1 fully saturated rings. The van der Waals surface area contributed by atoms with Crippen molar-refractivity contribution >= 4 is 34.2 Å². The number of anilines is 1. The van der Waals surface area contributed by atoms with E-state index < -0.39 is 0 Å². The van der Waals surface area contributed by atoms with E-state index in [2.05, 4.69) is 27.9 Å². The molecule has 0 aliphatic heterocycles. The number of nitrogens with two attached hydrogens (primary N) is 1. The van der Waals surface area contributed by atoms with Gasteiger partial charge in [-0.1, -0.05) is 0 Å². The molecule has 4 heteroatoms. The summed E-state index contributed by atoms with van der Waals surface area (Å²) >= 11 is 2.24. The zero-order valence-corrected chi connectivity index (χ0v) is 11.1. The lowest BCUT2D eigenvalue weighted by molar-refractivity contribution is -0.119. The molecule has 0 spiro atoms. The Balaban J connectivity index is 1.94. The number of carbonyl (C=O) groups excluding carboxylic acids is 1. The van der Waals surface area contributed by atoms with Crippen LogP contribution in [0, 0.1) is 9.49 Å². The summed E-state index contributed by atoms with van der Waals surface area (Å²) in [7, 11) is 0. The quantitative estimate of drug-likeness (QED) is 0.818. The van der Waals surface area contributed by atoms with Crippen molar-refractivity contribution in [3.8, 4) is 0 Å². The van der Waals surface area contributed by atoms with Crippen LogP contribution in [0.3, 0.4) is 0 Å². The standard InChI is InChI=1S/C12H15IN2O/c13-9-2-5-11(6-3-9)15-12(16)8-1-4-10(14)7-8/h2-3,5-6,8,10H,1,4,7,14H2,(H,15,16). The smallest absolute Gasteiger partial charge is 0.227 e. The minimum atomic E-state index is 0.0919. The highest BCUT2D eigenvalue weighted by Crippen LogP contribution is 2.25. The lowest BCUT2D eigenvalue weighted by Crippen LogP contribution is -2.23. The molecular weight excluding hydrogens is 315 g/mol. The van der Waals surface area contributed by atoms with Gasteiger partial charge in [-0.3, -0.25) is 4.79 Å². The van der Waals surface area contributed by atoms with Crippen molar-refractivity contribution in [2.75, 3.05) is 5.32 Å². The third-order valence-corrected chi connectivity index (χ3v) is 3.67. The highest BCUT2D eigenvalue weighted by molar-refractivity contribution is 14.1. The van der Waals surface area contributed by atoms with Gasteiger partial charge >= 0.3 is 0 Å². The molecule has 0 radical (unpaired) electrons. The maximum absolute atomic E-state index is 11.9. The van der Waals surface area contributed by atoms with Crippen LogP contribution in [0.5, 0.6) is 0 Å². The highest BCUT2D eigenvalue weighted by atomic mass is 127. The number of benzene rings is 1. The van der Waals surface area contributed by atoms with Gasteiger partial charge in [-0.05, 0) is 66.1 Å². The van der Waals surface area contributed by atoms with Crippen LogP contribution in [0.1, 0.15) is 19.3 Å². The summed E-state index contributed by atoms with van der Waals surface area (Å²) in [5, 5.41) is 2.93. The molecule has 0 heterocycles. The number of amides is 1. The fraction of sp³-hybridized carbons (Fsp3) is 0.417. The molecule has 2 rings (SSSR count). The number of nitrogens with one attached hydrogen (secondary N) is 1. The van der Waals surface area contributed by atoms with E-state index in [-0.39, 0.29) is 17.9 Å². The van der Waals surface area contributed by atoms with Crippen LogP contribution in [0.4, 0.5) is 5.69 Å². The predicted octanol–water partition coefficient (Wildman–Crippen LogP) is 2.36. The van der Waals surface area contributed by atoms with Gasteiger partial charge in [0.1, 0.15) is 0 Å². The molecule has 3 N–H and O–H groups in total. The summed E-state index contributed by atoms with van der Waals surface area (Å²) in [6.45, 7) is 0. The molecule has 0 bridgehead atoms. The van der Waals surface area contributed by atoms with Gasteiger partial charge in [0.05, 0.1) is 0 Å². The van der Waals surface area contributed by atoms with Crippen molar-refractivity contribution in [2.45, 2.75) is 25.3 Å². The molecule has 3 nitrogen and oxygen atoms in total. The van der Waals surface area contributed by atoms with Crippen molar-refractivity contribution in [1.82, 2.24) is 0 Å². The zero-order valence-electron chi connectivity index (χ0n) is 8.95. The Kier molecular flexibility index (Phi) is 3.81. The van der Waals surface area contributed by atoms with Crippen molar-refractivity contribution in [3.63, 3.8) is 0 Å². The molecule has 0 saturated heterocycles. The average molecular weight is 330 g/mol. The Morgan fingerprint density at radius 1 is 1.31 bits per heavy atom. The summed E-state index contributed by atoms with van der Waals surface area (Å²) < 4.78 is 1.17. The average Bonchev–Trinajstić information content (AvgIpc) is 2.68. The van der Waals surface area contributed by atoms with E-state index in [1.165, 1.54) is 3.57 Å². The van der Waals surface area contributed by atoms with E-state index in [4.69, 9.17) is 5.73 Å².